The zero-order valence-corrected chi connectivity index (χ0v) is 22.2. The summed E-state index contributed by atoms with van der Waals surface area (Å²) in [6, 6.07) is 0. The lowest BCUT2D eigenvalue weighted by molar-refractivity contribution is -0.120. The fourth-order valence-electron chi connectivity index (χ4n) is 4.62. The highest BCUT2D eigenvalue weighted by Crippen LogP contribution is 2.16. The third-order valence-electron chi connectivity index (χ3n) is 7.18. The van der Waals surface area contributed by atoms with Crippen LogP contribution in [0, 0.1) is 5.92 Å². The van der Waals surface area contributed by atoms with Crippen molar-refractivity contribution in [3.05, 3.63) is 0 Å². The first-order valence-electron chi connectivity index (χ1n) is 14.7. The summed E-state index contributed by atoms with van der Waals surface area (Å²) in [5.41, 5.74) is 0. The van der Waals surface area contributed by atoms with Gasteiger partial charge in [-0.1, -0.05) is 168 Å². The molecule has 0 aromatic rings. The molecule has 0 aromatic carbocycles. The van der Waals surface area contributed by atoms with Gasteiger partial charge in [-0.2, -0.15) is 0 Å². The summed E-state index contributed by atoms with van der Waals surface area (Å²) in [7, 11) is 0. The van der Waals surface area contributed by atoms with Gasteiger partial charge in [0, 0.05) is 5.92 Å². The highest BCUT2D eigenvalue weighted by Gasteiger charge is 2.06. The minimum Gasteiger partial charge on any atom is -0.300 e. The van der Waals surface area contributed by atoms with Gasteiger partial charge in [0.25, 0.3) is 0 Å². The average molecular weight is 437 g/mol. The van der Waals surface area contributed by atoms with E-state index in [0.29, 0.717) is 5.78 Å². The van der Waals surface area contributed by atoms with Gasteiger partial charge in [0.2, 0.25) is 0 Å². The van der Waals surface area contributed by atoms with E-state index in [4.69, 9.17) is 0 Å². The molecule has 0 aliphatic heterocycles. The van der Waals surface area contributed by atoms with Crippen LogP contribution >= 0.6 is 0 Å². The van der Waals surface area contributed by atoms with Crippen molar-refractivity contribution in [2.24, 2.45) is 5.92 Å². The second-order valence-electron chi connectivity index (χ2n) is 10.4. The summed E-state index contributed by atoms with van der Waals surface area (Å²) < 4.78 is 0. The summed E-state index contributed by atoms with van der Waals surface area (Å²) in [4.78, 5) is 11.2. The third kappa shape index (κ3) is 25.8. The maximum absolute atomic E-state index is 11.2. The van der Waals surface area contributed by atoms with Crippen molar-refractivity contribution in [1.82, 2.24) is 0 Å². The van der Waals surface area contributed by atoms with Gasteiger partial charge in [-0.25, -0.2) is 0 Å². The van der Waals surface area contributed by atoms with Crippen molar-refractivity contribution in [2.45, 2.75) is 181 Å². The van der Waals surface area contributed by atoms with Crippen LogP contribution in [0.2, 0.25) is 0 Å². The Morgan fingerprint density at radius 3 is 0.903 bits per heavy atom. The highest BCUT2D eigenvalue weighted by molar-refractivity contribution is 5.77. The van der Waals surface area contributed by atoms with Crippen LogP contribution in [0.4, 0.5) is 0 Å². The van der Waals surface area contributed by atoms with Crippen LogP contribution in [0.1, 0.15) is 181 Å². The first kappa shape index (κ1) is 30.7. The summed E-state index contributed by atoms with van der Waals surface area (Å²) in [5, 5.41) is 0. The van der Waals surface area contributed by atoms with E-state index in [1.54, 1.807) is 6.92 Å². The van der Waals surface area contributed by atoms with Gasteiger partial charge in [-0.15, -0.1) is 0 Å². The molecule has 0 aliphatic rings. The lowest BCUT2D eigenvalue weighted by atomic mass is 9.98. The number of hydrogen-bond acceptors (Lipinski definition) is 1. The minimum atomic E-state index is 0.278. The molecule has 0 spiro atoms. The van der Waals surface area contributed by atoms with Gasteiger partial charge in [-0.3, -0.25) is 4.79 Å². The third-order valence-corrected chi connectivity index (χ3v) is 7.18. The van der Waals surface area contributed by atoms with Crippen molar-refractivity contribution in [1.29, 1.82) is 0 Å². The van der Waals surface area contributed by atoms with E-state index in [2.05, 4.69) is 13.8 Å². The van der Waals surface area contributed by atoms with Crippen molar-refractivity contribution in [2.75, 3.05) is 0 Å². The number of Topliss-reactive ketones (excluding diaryl/α,β-unsaturated/α-hetero) is 1. The predicted molar refractivity (Wildman–Crippen MR) is 141 cm³/mol. The molecule has 0 amide bonds. The molecular formula is C30H60O. The maximum atomic E-state index is 11.2. The lowest BCUT2D eigenvalue weighted by Gasteiger charge is -2.07. The Bertz CT molecular complexity index is 348. The first-order chi connectivity index (χ1) is 15.2. The topological polar surface area (TPSA) is 17.1 Å². The van der Waals surface area contributed by atoms with Gasteiger partial charge < -0.3 is 0 Å². The molecule has 0 fully saturated rings. The molecule has 0 N–H and O–H groups in total. The molecule has 1 unspecified atom stereocenters. The number of unbranched alkanes of at least 4 members (excludes halogenated alkanes) is 23. The van der Waals surface area contributed by atoms with Gasteiger partial charge in [0.1, 0.15) is 5.78 Å². The van der Waals surface area contributed by atoms with Crippen LogP contribution < -0.4 is 0 Å². The van der Waals surface area contributed by atoms with Crippen LogP contribution in [-0.4, -0.2) is 5.78 Å². The molecule has 0 aromatic heterocycles. The Morgan fingerprint density at radius 2 is 0.677 bits per heavy atom. The maximum Gasteiger partial charge on any atom is 0.132 e. The Morgan fingerprint density at radius 1 is 0.452 bits per heavy atom. The van der Waals surface area contributed by atoms with E-state index in [0.717, 1.165) is 6.42 Å². The molecule has 186 valence electrons. The fraction of sp³-hybridized carbons (Fsp3) is 0.967. The molecule has 0 heterocycles. The molecule has 0 rings (SSSR count). The molecule has 0 saturated carbocycles. The lowest BCUT2D eigenvalue weighted by Crippen LogP contribution is -2.05. The highest BCUT2D eigenvalue weighted by atomic mass is 16.1. The zero-order valence-electron chi connectivity index (χ0n) is 22.2. The molecule has 0 bridgehead atoms. The number of carbonyl (C=O) groups excluding carboxylic acids is 1. The van der Waals surface area contributed by atoms with Crippen molar-refractivity contribution in [3.63, 3.8) is 0 Å². The van der Waals surface area contributed by atoms with Crippen LogP contribution in [0.5, 0.6) is 0 Å². The largest absolute Gasteiger partial charge is 0.300 e. The Kier molecular flexibility index (Phi) is 25.7. The first-order valence-corrected chi connectivity index (χ1v) is 14.7. The number of hydrogen-bond donors (Lipinski definition) is 0. The van der Waals surface area contributed by atoms with Crippen LogP contribution in [0.3, 0.4) is 0 Å². The van der Waals surface area contributed by atoms with Crippen LogP contribution in [0.15, 0.2) is 0 Å². The van der Waals surface area contributed by atoms with Crippen molar-refractivity contribution >= 4 is 5.78 Å². The van der Waals surface area contributed by atoms with Crippen LogP contribution in [-0.2, 0) is 4.79 Å². The summed E-state index contributed by atoms with van der Waals surface area (Å²) in [6.45, 7) is 6.10. The van der Waals surface area contributed by atoms with E-state index in [-0.39, 0.29) is 5.92 Å². The van der Waals surface area contributed by atoms with Gasteiger partial charge >= 0.3 is 0 Å². The Hall–Kier alpha value is -0.330. The van der Waals surface area contributed by atoms with E-state index < -0.39 is 0 Å². The standard InChI is InChI=1S/C30H60O/c1-4-5-6-7-8-9-10-11-12-13-14-15-16-17-18-19-20-21-22-23-24-25-26-27-28-29(2)30(3)31/h29H,4-28H2,1-3H3. The average Bonchev–Trinajstić information content (AvgIpc) is 2.76. The van der Waals surface area contributed by atoms with Crippen molar-refractivity contribution < 1.29 is 4.79 Å². The Balaban J connectivity index is 3.04. The molecule has 1 nitrogen and oxygen atoms in total. The van der Waals surface area contributed by atoms with Crippen LogP contribution in [0.25, 0.3) is 0 Å². The monoisotopic (exact) mass is 436 g/mol. The molecule has 31 heavy (non-hydrogen) atoms. The predicted octanol–water partition coefficient (Wildman–Crippen LogP) is 11.0. The van der Waals surface area contributed by atoms with Gasteiger partial charge in [0.15, 0.2) is 0 Å². The second-order valence-corrected chi connectivity index (χ2v) is 10.4. The second kappa shape index (κ2) is 25.9. The molecule has 0 radical (unpaired) electrons. The summed E-state index contributed by atoms with van der Waals surface area (Å²) >= 11 is 0. The van der Waals surface area contributed by atoms with E-state index >= 15 is 0 Å². The summed E-state index contributed by atoms with van der Waals surface area (Å²) in [6.07, 6.45) is 35.6. The molecule has 1 heteroatoms. The van der Waals surface area contributed by atoms with E-state index in [9.17, 15) is 4.79 Å². The van der Waals surface area contributed by atoms with Crippen molar-refractivity contribution in [3.8, 4) is 0 Å². The molecule has 1 atom stereocenters. The van der Waals surface area contributed by atoms with E-state index in [1.807, 2.05) is 0 Å². The normalized spacial score (nSPS) is 12.4. The summed E-state index contributed by atoms with van der Waals surface area (Å²) in [5.74, 6) is 0.633. The number of ketones is 1. The Labute approximate surface area is 197 Å². The number of carbonyl (C=O) groups is 1. The quantitative estimate of drug-likeness (QED) is 0.123. The minimum absolute atomic E-state index is 0.278. The smallest absolute Gasteiger partial charge is 0.132 e. The molecule has 0 aliphatic carbocycles. The van der Waals surface area contributed by atoms with Gasteiger partial charge in [-0.05, 0) is 13.3 Å². The van der Waals surface area contributed by atoms with E-state index in [1.165, 1.54) is 154 Å². The fourth-order valence-corrected chi connectivity index (χ4v) is 4.62. The number of rotatable bonds is 26. The van der Waals surface area contributed by atoms with Gasteiger partial charge in [0.05, 0.1) is 0 Å². The zero-order chi connectivity index (χ0) is 22.8. The molecular weight excluding hydrogens is 376 g/mol. The SMILES string of the molecule is CCCCCCCCCCCCCCCCCCCCCCCCCCC(C)C(C)=O. The molecule has 0 saturated heterocycles.